The van der Waals surface area contributed by atoms with Gasteiger partial charge in [-0.25, -0.2) is 0 Å². The number of carboxylic acid groups (broad SMARTS) is 1. The zero-order valence-electron chi connectivity index (χ0n) is 12.1. The highest BCUT2D eigenvalue weighted by Crippen LogP contribution is 2.35. The van der Waals surface area contributed by atoms with Crippen molar-refractivity contribution in [3.05, 3.63) is 28.8 Å². The summed E-state index contributed by atoms with van der Waals surface area (Å²) in [5.74, 6) is 0.264. The normalized spacial score (nSPS) is 16.2. The molecule has 6 heteroatoms. The molecule has 0 saturated heterocycles. The van der Waals surface area contributed by atoms with Crippen molar-refractivity contribution >= 4 is 23.6 Å². The molecule has 1 aromatic carbocycles. The summed E-state index contributed by atoms with van der Waals surface area (Å²) in [7, 11) is 0. The van der Waals surface area contributed by atoms with Crippen LogP contribution in [0.5, 0.6) is 5.75 Å². The van der Waals surface area contributed by atoms with Gasteiger partial charge in [0, 0.05) is 17.9 Å². The number of nitrogens with one attached hydrogen (secondary N) is 1. The van der Waals surface area contributed by atoms with Crippen molar-refractivity contribution in [2.75, 3.05) is 24.7 Å². The molecule has 1 amide bonds. The minimum absolute atomic E-state index is 0.0592. The van der Waals surface area contributed by atoms with Crippen molar-refractivity contribution in [2.24, 2.45) is 0 Å². The molecule has 0 spiro atoms. The van der Waals surface area contributed by atoms with Gasteiger partial charge in [-0.3, -0.25) is 9.59 Å². The number of carboxylic acids is 1. The maximum atomic E-state index is 12.2. The van der Waals surface area contributed by atoms with Gasteiger partial charge < -0.3 is 15.2 Å². The maximum absolute atomic E-state index is 12.2. The van der Waals surface area contributed by atoms with Crippen LogP contribution in [-0.4, -0.2) is 41.6 Å². The Morgan fingerprint density at radius 2 is 2.10 bits per heavy atom. The summed E-state index contributed by atoms with van der Waals surface area (Å²) in [5.41, 5.74) is 3.24. The Labute approximate surface area is 128 Å². The van der Waals surface area contributed by atoms with Gasteiger partial charge in [0.1, 0.15) is 18.3 Å². The monoisotopic (exact) mass is 309 g/mol. The second-order valence-electron chi connectivity index (χ2n) is 5.08. The first kappa shape index (κ1) is 15.7. The number of aryl methyl sites for hydroxylation is 2. The second-order valence-corrected chi connectivity index (χ2v) is 6.18. The molecule has 1 heterocycles. The summed E-state index contributed by atoms with van der Waals surface area (Å²) in [6.45, 7) is 4.87. The van der Waals surface area contributed by atoms with Gasteiger partial charge in [-0.1, -0.05) is 6.07 Å². The van der Waals surface area contributed by atoms with Crippen LogP contribution < -0.4 is 10.1 Å². The maximum Gasteiger partial charge on any atom is 0.313 e. The van der Waals surface area contributed by atoms with Crippen LogP contribution in [0.15, 0.2) is 12.1 Å². The molecule has 0 radical (unpaired) electrons. The number of thioether (sulfide) groups is 1. The molecule has 0 aliphatic carbocycles. The fourth-order valence-electron chi connectivity index (χ4n) is 2.22. The standard InChI is InChI=1S/C15H19NO4S/c1-9-5-11-12(7-20-13(11)6-10(9)2)15(19)16-3-4-21-8-14(17)18/h5-6,12H,3-4,7-8H2,1-2H3,(H,16,19)(H,17,18). The number of ether oxygens (including phenoxy) is 1. The molecule has 5 nitrogen and oxygen atoms in total. The fraction of sp³-hybridized carbons (Fsp3) is 0.467. The summed E-state index contributed by atoms with van der Waals surface area (Å²) in [6.07, 6.45) is 0. The lowest BCUT2D eigenvalue weighted by atomic mass is 9.96. The molecular formula is C15H19NO4S. The fourth-order valence-corrected chi connectivity index (χ4v) is 2.78. The summed E-state index contributed by atoms with van der Waals surface area (Å²) >= 11 is 1.29. The molecule has 2 rings (SSSR count). The van der Waals surface area contributed by atoms with Crippen molar-refractivity contribution in [2.45, 2.75) is 19.8 Å². The summed E-state index contributed by atoms with van der Waals surface area (Å²) in [6, 6.07) is 3.99. The van der Waals surface area contributed by atoms with Gasteiger partial charge in [0.05, 0.1) is 5.75 Å². The topological polar surface area (TPSA) is 75.6 Å². The zero-order valence-corrected chi connectivity index (χ0v) is 13.0. The lowest BCUT2D eigenvalue weighted by Gasteiger charge is -2.11. The molecule has 1 aliphatic heterocycles. The number of amides is 1. The minimum atomic E-state index is -0.838. The number of fused-ring (bicyclic) bond motifs is 1. The highest BCUT2D eigenvalue weighted by molar-refractivity contribution is 7.99. The lowest BCUT2D eigenvalue weighted by Crippen LogP contribution is -2.32. The van der Waals surface area contributed by atoms with E-state index in [4.69, 9.17) is 9.84 Å². The van der Waals surface area contributed by atoms with E-state index in [2.05, 4.69) is 5.32 Å². The number of hydrogen-bond acceptors (Lipinski definition) is 4. The van der Waals surface area contributed by atoms with Crippen LogP contribution in [0.3, 0.4) is 0 Å². The van der Waals surface area contributed by atoms with Crippen molar-refractivity contribution in [3.8, 4) is 5.75 Å². The van der Waals surface area contributed by atoms with E-state index >= 15 is 0 Å². The Balaban J connectivity index is 1.88. The van der Waals surface area contributed by atoms with E-state index in [1.165, 1.54) is 11.8 Å². The predicted molar refractivity (Wildman–Crippen MR) is 82.1 cm³/mol. The molecular weight excluding hydrogens is 290 g/mol. The molecule has 114 valence electrons. The molecule has 1 atom stereocenters. The number of rotatable bonds is 6. The Bertz CT molecular complexity index is 559. The number of aliphatic carboxylic acids is 1. The number of benzene rings is 1. The molecule has 0 aromatic heterocycles. The van der Waals surface area contributed by atoms with E-state index in [1.807, 2.05) is 26.0 Å². The predicted octanol–water partition coefficient (Wildman–Crippen LogP) is 1.71. The van der Waals surface area contributed by atoms with Crippen LogP contribution in [0.1, 0.15) is 22.6 Å². The quantitative estimate of drug-likeness (QED) is 0.783. The van der Waals surface area contributed by atoms with Gasteiger partial charge in [-0.05, 0) is 31.0 Å². The highest BCUT2D eigenvalue weighted by atomic mass is 32.2. The Kier molecular flexibility index (Phi) is 5.12. The second kappa shape index (κ2) is 6.85. The van der Waals surface area contributed by atoms with Crippen molar-refractivity contribution < 1.29 is 19.4 Å². The van der Waals surface area contributed by atoms with Gasteiger partial charge in [-0.2, -0.15) is 0 Å². The Hall–Kier alpha value is -1.69. The number of hydrogen-bond donors (Lipinski definition) is 2. The molecule has 1 unspecified atom stereocenters. The molecule has 0 saturated carbocycles. The van der Waals surface area contributed by atoms with Gasteiger partial charge >= 0.3 is 5.97 Å². The minimum Gasteiger partial charge on any atom is -0.492 e. The van der Waals surface area contributed by atoms with Gasteiger partial charge in [-0.15, -0.1) is 11.8 Å². The summed E-state index contributed by atoms with van der Waals surface area (Å²) in [4.78, 5) is 22.6. The molecule has 0 fully saturated rings. The van der Waals surface area contributed by atoms with Crippen LogP contribution >= 0.6 is 11.8 Å². The lowest BCUT2D eigenvalue weighted by molar-refractivity contribution is -0.133. The first-order valence-corrected chi connectivity index (χ1v) is 7.95. The highest BCUT2D eigenvalue weighted by Gasteiger charge is 2.30. The van der Waals surface area contributed by atoms with Crippen molar-refractivity contribution in [1.82, 2.24) is 5.32 Å². The van der Waals surface area contributed by atoms with Gasteiger partial charge in [0.25, 0.3) is 0 Å². The molecule has 1 aromatic rings. The van der Waals surface area contributed by atoms with E-state index in [9.17, 15) is 9.59 Å². The van der Waals surface area contributed by atoms with Crippen LogP contribution in [0.25, 0.3) is 0 Å². The van der Waals surface area contributed by atoms with Crippen LogP contribution in [-0.2, 0) is 9.59 Å². The number of carbonyl (C=O) groups excluding carboxylic acids is 1. The first-order chi connectivity index (χ1) is 9.99. The van der Waals surface area contributed by atoms with Crippen LogP contribution in [0.2, 0.25) is 0 Å². The Morgan fingerprint density at radius 1 is 1.38 bits per heavy atom. The summed E-state index contributed by atoms with van der Waals surface area (Å²) in [5, 5.41) is 11.4. The van der Waals surface area contributed by atoms with Gasteiger partial charge in [0.2, 0.25) is 5.91 Å². The zero-order chi connectivity index (χ0) is 15.4. The SMILES string of the molecule is Cc1cc2c(cc1C)C(C(=O)NCCSCC(=O)O)CO2. The van der Waals surface area contributed by atoms with E-state index in [0.717, 1.165) is 22.4 Å². The molecule has 2 N–H and O–H groups in total. The van der Waals surface area contributed by atoms with Gasteiger partial charge in [0.15, 0.2) is 0 Å². The van der Waals surface area contributed by atoms with E-state index < -0.39 is 5.97 Å². The smallest absolute Gasteiger partial charge is 0.313 e. The van der Waals surface area contributed by atoms with Crippen molar-refractivity contribution in [1.29, 1.82) is 0 Å². The van der Waals surface area contributed by atoms with E-state index in [1.54, 1.807) is 0 Å². The molecule has 1 aliphatic rings. The Morgan fingerprint density at radius 3 is 2.81 bits per heavy atom. The third kappa shape index (κ3) is 3.91. The average Bonchev–Trinajstić information content (AvgIpc) is 2.81. The number of carbonyl (C=O) groups is 2. The van der Waals surface area contributed by atoms with E-state index in [-0.39, 0.29) is 17.6 Å². The third-order valence-electron chi connectivity index (χ3n) is 3.49. The van der Waals surface area contributed by atoms with Crippen molar-refractivity contribution in [3.63, 3.8) is 0 Å². The third-order valence-corrected chi connectivity index (χ3v) is 4.44. The first-order valence-electron chi connectivity index (χ1n) is 6.80. The summed E-state index contributed by atoms with van der Waals surface area (Å²) < 4.78 is 5.58. The van der Waals surface area contributed by atoms with Crippen LogP contribution in [0, 0.1) is 13.8 Å². The molecule has 21 heavy (non-hydrogen) atoms. The average molecular weight is 309 g/mol. The largest absolute Gasteiger partial charge is 0.492 e. The van der Waals surface area contributed by atoms with E-state index in [0.29, 0.717) is 18.9 Å². The van der Waals surface area contributed by atoms with Crippen LogP contribution in [0.4, 0.5) is 0 Å². The molecule has 0 bridgehead atoms.